The number of carbonyl (C=O) groups is 1. The SMILES string of the molecule is C/C=C(\OC)C1CNc2ccccc2N1C(=O)CCl. The smallest absolute Gasteiger partial charge is 0.242 e. The number of fused-ring (bicyclic) bond motifs is 1. The number of anilines is 2. The maximum absolute atomic E-state index is 12.2. The summed E-state index contributed by atoms with van der Waals surface area (Å²) in [5.41, 5.74) is 1.77. The third-order valence-electron chi connectivity index (χ3n) is 3.19. The van der Waals surface area contributed by atoms with Gasteiger partial charge in [0.25, 0.3) is 0 Å². The summed E-state index contributed by atoms with van der Waals surface area (Å²) in [5, 5.41) is 3.31. The Hall–Kier alpha value is -1.68. The summed E-state index contributed by atoms with van der Waals surface area (Å²) in [4.78, 5) is 13.9. The molecule has 19 heavy (non-hydrogen) atoms. The molecule has 1 aliphatic rings. The molecule has 0 aromatic heterocycles. The van der Waals surface area contributed by atoms with Gasteiger partial charge >= 0.3 is 0 Å². The molecule has 0 aliphatic carbocycles. The van der Waals surface area contributed by atoms with E-state index < -0.39 is 0 Å². The second kappa shape index (κ2) is 5.97. The number of nitrogens with zero attached hydrogens (tertiary/aromatic N) is 1. The molecule has 0 spiro atoms. The molecule has 2 rings (SSSR count). The zero-order chi connectivity index (χ0) is 13.8. The average Bonchev–Trinajstić information content (AvgIpc) is 2.47. The van der Waals surface area contributed by atoms with Crippen LogP contribution in [-0.2, 0) is 9.53 Å². The molecular weight excluding hydrogens is 264 g/mol. The minimum absolute atomic E-state index is 0.0501. The zero-order valence-corrected chi connectivity index (χ0v) is 11.8. The Kier molecular flexibility index (Phi) is 4.32. The van der Waals surface area contributed by atoms with Gasteiger partial charge in [-0.25, -0.2) is 0 Å². The van der Waals surface area contributed by atoms with Gasteiger partial charge in [-0.1, -0.05) is 12.1 Å². The number of halogens is 1. The van der Waals surface area contributed by atoms with E-state index in [9.17, 15) is 4.79 Å². The fraction of sp³-hybridized carbons (Fsp3) is 0.357. The van der Waals surface area contributed by atoms with Crippen molar-refractivity contribution in [3.63, 3.8) is 0 Å². The molecule has 4 nitrogen and oxygen atoms in total. The molecule has 1 aliphatic heterocycles. The Morgan fingerprint density at radius 1 is 1.58 bits per heavy atom. The van der Waals surface area contributed by atoms with Crippen molar-refractivity contribution < 1.29 is 9.53 Å². The van der Waals surface area contributed by atoms with Crippen LogP contribution in [0.25, 0.3) is 0 Å². The number of para-hydroxylation sites is 2. The second-order valence-corrected chi connectivity index (χ2v) is 4.47. The lowest BCUT2D eigenvalue weighted by Crippen LogP contribution is -2.49. The Morgan fingerprint density at radius 3 is 2.95 bits per heavy atom. The molecule has 1 atom stereocenters. The van der Waals surface area contributed by atoms with E-state index in [0.29, 0.717) is 6.54 Å². The lowest BCUT2D eigenvalue weighted by atomic mass is 10.1. The predicted octanol–water partition coefficient (Wildman–Crippen LogP) is 2.60. The molecule has 102 valence electrons. The van der Waals surface area contributed by atoms with Crippen LogP contribution < -0.4 is 10.2 Å². The molecule has 1 amide bonds. The topological polar surface area (TPSA) is 41.6 Å². The first kappa shape index (κ1) is 13.7. The van der Waals surface area contributed by atoms with Gasteiger partial charge in [0.15, 0.2) is 0 Å². The highest BCUT2D eigenvalue weighted by Gasteiger charge is 2.33. The zero-order valence-electron chi connectivity index (χ0n) is 11.0. The molecule has 1 heterocycles. The number of allylic oxidation sites excluding steroid dienone is 1. The quantitative estimate of drug-likeness (QED) is 0.683. The van der Waals surface area contributed by atoms with Gasteiger partial charge in [0.1, 0.15) is 17.7 Å². The van der Waals surface area contributed by atoms with E-state index in [2.05, 4.69) is 5.32 Å². The van der Waals surface area contributed by atoms with Crippen molar-refractivity contribution in [2.45, 2.75) is 13.0 Å². The highest BCUT2D eigenvalue weighted by Crippen LogP contribution is 2.33. The van der Waals surface area contributed by atoms with Gasteiger partial charge in [0, 0.05) is 6.54 Å². The van der Waals surface area contributed by atoms with Gasteiger partial charge in [-0.05, 0) is 25.1 Å². The number of alkyl halides is 1. The number of amides is 1. The van der Waals surface area contributed by atoms with Crippen molar-refractivity contribution in [3.8, 4) is 0 Å². The molecule has 1 unspecified atom stereocenters. The highest BCUT2D eigenvalue weighted by molar-refractivity contribution is 6.29. The van der Waals surface area contributed by atoms with Crippen LogP contribution in [0.5, 0.6) is 0 Å². The molecular formula is C14H17ClN2O2. The largest absolute Gasteiger partial charge is 0.499 e. The van der Waals surface area contributed by atoms with E-state index in [1.807, 2.05) is 37.3 Å². The molecule has 5 heteroatoms. The lowest BCUT2D eigenvalue weighted by Gasteiger charge is -2.38. The average molecular weight is 281 g/mol. The van der Waals surface area contributed by atoms with Crippen molar-refractivity contribution in [1.29, 1.82) is 0 Å². The maximum atomic E-state index is 12.2. The summed E-state index contributed by atoms with van der Waals surface area (Å²) in [6.45, 7) is 2.50. The van der Waals surface area contributed by atoms with Crippen LogP contribution in [-0.4, -0.2) is 31.5 Å². The van der Waals surface area contributed by atoms with Gasteiger partial charge in [-0.15, -0.1) is 11.6 Å². The number of methoxy groups -OCH3 is 1. The van der Waals surface area contributed by atoms with E-state index in [4.69, 9.17) is 16.3 Å². The van der Waals surface area contributed by atoms with Crippen LogP contribution in [0.2, 0.25) is 0 Å². The second-order valence-electron chi connectivity index (χ2n) is 4.21. The Bertz CT molecular complexity index is 502. The lowest BCUT2D eigenvalue weighted by molar-refractivity contribution is -0.116. The number of benzene rings is 1. The summed E-state index contributed by atoms with van der Waals surface area (Å²) in [7, 11) is 1.61. The van der Waals surface area contributed by atoms with E-state index in [1.54, 1.807) is 12.0 Å². The molecule has 0 bridgehead atoms. The standard InChI is InChI=1S/C14H17ClN2O2/c1-3-13(19-2)12-9-16-10-6-4-5-7-11(10)17(12)14(18)8-15/h3-7,12,16H,8-9H2,1-2H3/b13-3-. The minimum atomic E-state index is -0.170. The van der Waals surface area contributed by atoms with Gasteiger partial charge in [-0.2, -0.15) is 0 Å². The molecule has 0 saturated carbocycles. The molecule has 1 aromatic rings. The Morgan fingerprint density at radius 2 is 2.32 bits per heavy atom. The van der Waals surface area contributed by atoms with Crippen molar-refractivity contribution in [2.24, 2.45) is 0 Å². The third kappa shape index (κ3) is 2.54. The van der Waals surface area contributed by atoms with Crippen LogP contribution in [0, 0.1) is 0 Å². The molecule has 1 aromatic carbocycles. The molecule has 1 N–H and O–H groups in total. The van der Waals surface area contributed by atoms with E-state index >= 15 is 0 Å². The minimum Gasteiger partial charge on any atom is -0.499 e. The number of hydrogen-bond acceptors (Lipinski definition) is 3. The first-order valence-electron chi connectivity index (χ1n) is 6.14. The fourth-order valence-electron chi connectivity index (χ4n) is 2.35. The van der Waals surface area contributed by atoms with Crippen molar-refractivity contribution in [1.82, 2.24) is 0 Å². The predicted molar refractivity (Wildman–Crippen MR) is 77.7 cm³/mol. The first-order chi connectivity index (χ1) is 9.22. The normalized spacial score (nSPS) is 18.6. The fourth-order valence-corrected chi connectivity index (χ4v) is 2.47. The molecule has 0 radical (unpaired) electrons. The molecule has 0 saturated heterocycles. The maximum Gasteiger partial charge on any atom is 0.242 e. The van der Waals surface area contributed by atoms with E-state index in [-0.39, 0.29) is 17.8 Å². The van der Waals surface area contributed by atoms with Crippen LogP contribution in [0.15, 0.2) is 36.1 Å². The number of ether oxygens (including phenoxy) is 1. The van der Waals surface area contributed by atoms with Crippen LogP contribution >= 0.6 is 11.6 Å². The summed E-state index contributed by atoms with van der Waals surface area (Å²) in [6, 6.07) is 7.52. The van der Waals surface area contributed by atoms with Gasteiger partial charge in [0.2, 0.25) is 5.91 Å². The Labute approximate surface area is 118 Å². The number of hydrogen-bond donors (Lipinski definition) is 1. The summed E-state index contributed by atoms with van der Waals surface area (Å²) in [6.07, 6.45) is 1.87. The van der Waals surface area contributed by atoms with E-state index in [0.717, 1.165) is 17.1 Å². The molecule has 0 fully saturated rings. The summed E-state index contributed by atoms with van der Waals surface area (Å²) < 4.78 is 5.36. The van der Waals surface area contributed by atoms with Crippen molar-refractivity contribution in [3.05, 3.63) is 36.1 Å². The highest BCUT2D eigenvalue weighted by atomic mass is 35.5. The first-order valence-corrected chi connectivity index (χ1v) is 6.67. The summed E-state index contributed by atoms with van der Waals surface area (Å²) >= 11 is 5.74. The van der Waals surface area contributed by atoms with Gasteiger partial charge in [0.05, 0.1) is 18.5 Å². The summed E-state index contributed by atoms with van der Waals surface area (Å²) in [5.74, 6) is 0.573. The number of carbonyl (C=O) groups excluding carboxylic acids is 1. The monoisotopic (exact) mass is 280 g/mol. The Balaban J connectivity index is 2.45. The van der Waals surface area contributed by atoms with Crippen LogP contribution in [0.1, 0.15) is 6.92 Å². The number of nitrogens with one attached hydrogen (secondary N) is 1. The van der Waals surface area contributed by atoms with Crippen LogP contribution in [0.4, 0.5) is 11.4 Å². The number of rotatable bonds is 3. The van der Waals surface area contributed by atoms with E-state index in [1.165, 1.54) is 0 Å². The van der Waals surface area contributed by atoms with Gasteiger partial charge < -0.3 is 10.1 Å². The third-order valence-corrected chi connectivity index (χ3v) is 3.42. The van der Waals surface area contributed by atoms with Crippen LogP contribution in [0.3, 0.4) is 0 Å². The van der Waals surface area contributed by atoms with Crippen molar-refractivity contribution in [2.75, 3.05) is 29.8 Å². The van der Waals surface area contributed by atoms with Gasteiger partial charge in [-0.3, -0.25) is 9.69 Å². The van der Waals surface area contributed by atoms with Crippen molar-refractivity contribution >= 4 is 28.9 Å².